The van der Waals surface area contributed by atoms with Gasteiger partial charge in [0.1, 0.15) is 0 Å². The fourth-order valence-corrected chi connectivity index (χ4v) is 2.46. The van der Waals surface area contributed by atoms with Gasteiger partial charge in [0.15, 0.2) is 0 Å². The topological polar surface area (TPSA) is 29.1 Å². The lowest BCUT2D eigenvalue weighted by Gasteiger charge is -2.06. The highest BCUT2D eigenvalue weighted by atomic mass is 32.2. The van der Waals surface area contributed by atoms with Gasteiger partial charge in [-0.2, -0.15) is 11.8 Å². The summed E-state index contributed by atoms with van der Waals surface area (Å²) in [5, 5.41) is 5.27. The van der Waals surface area contributed by atoms with E-state index in [9.17, 15) is 4.79 Å². The Morgan fingerprint density at radius 2 is 1.94 bits per heavy atom. The Morgan fingerprint density at radius 1 is 1.17 bits per heavy atom. The fraction of sp³-hybridized carbons (Fsp3) is 0.267. The molecule has 2 aromatic rings. The number of carbonyl (C=O) groups is 1. The normalized spacial score (nSPS) is 10.5. The molecule has 0 unspecified atom stereocenters. The molecule has 0 saturated carbocycles. The Hall–Kier alpha value is -1.48. The van der Waals surface area contributed by atoms with Crippen molar-refractivity contribution in [1.29, 1.82) is 0 Å². The van der Waals surface area contributed by atoms with Crippen LogP contribution in [-0.4, -0.2) is 17.4 Å². The number of amides is 1. The van der Waals surface area contributed by atoms with Crippen LogP contribution in [0.4, 0.5) is 5.69 Å². The molecule has 2 nitrogen and oxygen atoms in total. The summed E-state index contributed by atoms with van der Waals surface area (Å²) in [4.78, 5) is 11.7. The first-order valence-electron chi connectivity index (χ1n) is 6.16. The predicted octanol–water partition coefficient (Wildman–Crippen LogP) is 3.92. The minimum Gasteiger partial charge on any atom is -0.325 e. The van der Waals surface area contributed by atoms with E-state index < -0.39 is 0 Å². The largest absolute Gasteiger partial charge is 0.325 e. The molecule has 0 fully saturated rings. The average Bonchev–Trinajstić information content (AvgIpc) is 2.39. The predicted molar refractivity (Wildman–Crippen MR) is 80.2 cm³/mol. The molecule has 0 aromatic heterocycles. The summed E-state index contributed by atoms with van der Waals surface area (Å²) in [5.41, 5.74) is 0.871. The summed E-state index contributed by atoms with van der Waals surface area (Å²) < 4.78 is 0. The minimum atomic E-state index is 0.0729. The van der Waals surface area contributed by atoms with Gasteiger partial charge >= 0.3 is 0 Å². The molecule has 2 aromatic carbocycles. The van der Waals surface area contributed by atoms with Crippen LogP contribution in [0.15, 0.2) is 42.5 Å². The number of hydrogen-bond acceptors (Lipinski definition) is 2. The quantitative estimate of drug-likeness (QED) is 0.824. The molecule has 1 amide bonds. The van der Waals surface area contributed by atoms with E-state index >= 15 is 0 Å². The van der Waals surface area contributed by atoms with E-state index in [4.69, 9.17) is 0 Å². The third-order valence-electron chi connectivity index (χ3n) is 2.61. The molecule has 0 aliphatic heterocycles. The van der Waals surface area contributed by atoms with Gasteiger partial charge in [0.25, 0.3) is 0 Å². The molecule has 94 valence electrons. The van der Waals surface area contributed by atoms with Crippen molar-refractivity contribution >= 4 is 34.1 Å². The van der Waals surface area contributed by atoms with Crippen molar-refractivity contribution in [2.24, 2.45) is 0 Å². The molecule has 1 N–H and O–H groups in total. The molecule has 0 bridgehead atoms. The van der Waals surface area contributed by atoms with E-state index in [-0.39, 0.29) is 5.91 Å². The maximum Gasteiger partial charge on any atom is 0.234 e. The highest BCUT2D eigenvalue weighted by molar-refractivity contribution is 7.99. The number of rotatable bonds is 5. The summed E-state index contributed by atoms with van der Waals surface area (Å²) >= 11 is 1.67. The van der Waals surface area contributed by atoms with Gasteiger partial charge in [-0.1, -0.05) is 37.3 Å². The van der Waals surface area contributed by atoms with E-state index in [0.717, 1.165) is 23.2 Å². The molecule has 0 saturated heterocycles. The zero-order chi connectivity index (χ0) is 12.8. The van der Waals surface area contributed by atoms with Crippen molar-refractivity contribution in [3.8, 4) is 0 Å². The van der Waals surface area contributed by atoms with Crippen LogP contribution in [0.25, 0.3) is 10.8 Å². The van der Waals surface area contributed by atoms with Gasteiger partial charge in [-0.25, -0.2) is 0 Å². The Balaban J connectivity index is 2.01. The van der Waals surface area contributed by atoms with Crippen LogP contribution in [0.3, 0.4) is 0 Å². The van der Waals surface area contributed by atoms with Crippen molar-refractivity contribution in [1.82, 2.24) is 0 Å². The summed E-state index contributed by atoms with van der Waals surface area (Å²) in [5.74, 6) is 1.63. The van der Waals surface area contributed by atoms with Gasteiger partial charge in [-0.15, -0.1) is 0 Å². The van der Waals surface area contributed by atoms with Crippen molar-refractivity contribution < 1.29 is 4.79 Å². The third kappa shape index (κ3) is 3.50. The fourth-order valence-electron chi connectivity index (χ4n) is 1.77. The first-order chi connectivity index (χ1) is 8.79. The van der Waals surface area contributed by atoms with E-state index in [0.29, 0.717) is 5.75 Å². The van der Waals surface area contributed by atoms with Crippen molar-refractivity contribution in [2.45, 2.75) is 13.3 Å². The van der Waals surface area contributed by atoms with E-state index in [1.165, 1.54) is 5.39 Å². The second kappa shape index (κ2) is 6.45. The number of fused-ring (bicyclic) bond motifs is 1. The van der Waals surface area contributed by atoms with E-state index in [1.54, 1.807) is 11.8 Å². The Morgan fingerprint density at radius 3 is 2.72 bits per heavy atom. The standard InChI is InChI=1S/C15H17NOS/c1-2-9-18-11-15(17)16-14-8-7-12-5-3-4-6-13(12)10-14/h3-8,10H,2,9,11H2,1H3,(H,16,17). The van der Waals surface area contributed by atoms with Crippen LogP contribution >= 0.6 is 11.8 Å². The highest BCUT2D eigenvalue weighted by Gasteiger charge is 2.02. The molecule has 3 heteroatoms. The number of thioether (sulfide) groups is 1. The zero-order valence-electron chi connectivity index (χ0n) is 10.5. The molecule has 0 radical (unpaired) electrons. The highest BCUT2D eigenvalue weighted by Crippen LogP contribution is 2.19. The number of benzene rings is 2. The van der Waals surface area contributed by atoms with Crippen molar-refractivity contribution in [2.75, 3.05) is 16.8 Å². The Kier molecular flexibility index (Phi) is 4.65. The number of nitrogens with one attached hydrogen (secondary N) is 1. The first kappa shape index (κ1) is 13.0. The molecule has 0 spiro atoms. The van der Waals surface area contributed by atoms with E-state index in [2.05, 4.69) is 24.4 Å². The third-order valence-corrected chi connectivity index (χ3v) is 3.78. The van der Waals surface area contributed by atoms with Crippen molar-refractivity contribution in [3.63, 3.8) is 0 Å². The van der Waals surface area contributed by atoms with Crippen LogP contribution in [0.5, 0.6) is 0 Å². The molecule has 2 rings (SSSR count). The van der Waals surface area contributed by atoms with Gasteiger partial charge in [-0.3, -0.25) is 4.79 Å². The van der Waals surface area contributed by atoms with Crippen LogP contribution in [0.1, 0.15) is 13.3 Å². The summed E-state index contributed by atoms with van der Waals surface area (Å²) in [6, 6.07) is 14.1. The Bertz CT molecular complexity index is 539. The summed E-state index contributed by atoms with van der Waals surface area (Å²) in [6.45, 7) is 2.12. The molecule has 18 heavy (non-hydrogen) atoms. The molecule has 0 atom stereocenters. The smallest absolute Gasteiger partial charge is 0.234 e. The lowest BCUT2D eigenvalue weighted by atomic mass is 10.1. The second-order valence-corrected chi connectivity index (χ2v) is 5.27. The Labute approximate surface area is 112 Å². The molecular weight excluding hydrogens is 242 g/mol. The van der Waals surface area contributed by atoms with Gasteiger partial charge in [0.05, 0.1) is 5.75 Å². The van der Waals surface area contributed by atoms with Crippen LogP contribution in [0.2, 0.25) is 0 Å². The molecule has 0 heterocycles. The maximum atomic E-state index is 11.7. The molecule has 0 aliphatic rings. The maximum absolute atomic E-state index is 11.7. The van der Waals surface area contributed by atoms with Crippen molar-refractivity contribution in [3.05, 3.63) is 42.5 Å². The minimum absolute atomic E-state index is 0.0729. The monoisotopic (exact) mass is 259 g/mol. The van der Waals surface area contributed by atoms with Crippen LogP contribution in [0, 0.1) is 0 Å². The molecular formula is C15H17NOS. The number of carbonyl (C=O) groups excluding carboxylic acids is 1. The summed E-state index contributed by atoms with van der Waals surface area (Å²) in [7, 11) is 0. The SMILES string of the molecule is CCCSCC(=O)Nc1ccc2ccccc2c1. The lowest BCUT2D eigenvalue weighted by molar-refractivity contribution is -0.113. The summed E-state index contributed by atoms with van der Waals surface area (Å²) in [6.07, 6.45) is 1.11. The van der Waals surface area contributed by atoms with Gasteiger partial charge in [0, 0.05) is 5.69 Å². The van der Waals surface area contributed by atoms with Gasteiger partial charge in [0.2, 0.25) is 5.91 Å². The van der Waals surface area contributed by atoms with Gasteiger partial charge in [-0.05, 0) is 35.1 Å². The van der Waals surface area contributed by atoms with Gasteiger partial charge < -0.3 is 5.32 Å². The van der Waals surface area contributed by atoms with Crippen LogP contribution < -0.4 is 5.32 Å². The lowest BCUT2D eigenvalue weighted by Crippen LogP contribution is -2.14. The molecule has 0 aliphatic carbocycles. The van der Waals surface area contributed by atoms with E-state index in [1.807, 2.05) is 30.3 Å². The number of anilines is 1. The zero-order valence-corrected chi connectivity index (χ0v) is 11.3. The first-order valence-corrected chi connectivity index (χ1v) is 7.31. The average molecular weight is 259 g/mol. The number of hydrogen-bond donors (Lipinski definition) is 1. The van der Waals surface area contributed by atoms with Crippen LogP contribution in [-0.2, 0) is 4.79 Å². The second-order valence-electron chi connectivity index (χ2n) is 4.16.